The number of nitrogens with zero attached hydrogens (tertiary/aromatic N) is 1. The maximum atomic E-state index is 13.7. The van der Waals surface area contributed by atoms with Crippen molar-refractivity contribution in [3.05, 3.63) is 105 Å². The summed E-state index contributed by atoms with van der Waals surface area (Å²) in [6.07, 6.45) is 0.401. The predicted octanol–water partition coefficient (Wildman–Crippen LogP) is 7.09. The molecule has 3 aromatic rings. The fourth-order valence-corrected chi connectivity index (χ4v) is 5.16. The number of benzene rings is 3. The van der Waals surface area contributed by atoms with Crippen molar-refractivity contribution >= 4 is 46.8 Å². The second kappa shape index (κ2) is 13.4. The molecule has 0 saturated heterocycles. The molecule has 4 nitrogen and oxygen atoms in total. The van der Waals surface area contributed by atoms with Crippen molar-refractivity contribution in [2.45, 2.75) is 58.0 Å². The third kappa shape index (κ3) is 9.41. The molecule has 1 atom stereocenters. The standard InChI is InChI=1S/C30H34Cl2N2O2S/c1-21-9-8-12-24(15-21)19-37-20-28(35)34(18-23-13-14-25(31)26(32)16-23)27(29(36)33-30(2,3)4)17-22-10-6-5-7-11-22/h5-16,27H,17-20H2,1-4H3,(H,33,36). The van der Waals surface area contributed by atoms with Gasteiger partial charge in [0, 0.05) is 24.3 Å². The van der Waals surface area contributed by atoms with Gasteiger partial charge in [-0.1, -0.05) is 89.4 Å². The van der Waals surface area contributed by atoms with Gasteiger partial charge in [0.25, 0.3) is 0 Å². The first-order valence-electron chi connectivity index (χ1n) is 12.2. The van der Waals surface area contributed by atoms with Crippen LogP contribution in [-0.2, 0) is 28.3 Å². The van der Waals surface area contributed by atoms with Crippen LogP contribution in [0.1, 0.15) is 43.0 Å². The molecule has 0 bridgehead atoms. The van der Waals surface area contributed by atoms with Gasteiger partial charge in [-0.15, -0.1) is 11.8 Å². The molecule has 196 valence electrons. The number of thioether (sulfide) groups is 1. The zero-order chi connectivity index (χ0) is 27.0. The van der Waals surface area contributed by atoms with Crippen LogP contribution in [-0.4, -0.2) is 34.0 Å². The van der Waals surface area contributed by atoms with Crippen molar-refractivity contribution in [2.24, 2.45) is 0 Å². The number of amides is 2. The van der Waals surface area contributed by atoms with Crippen LogP contribution < -0.4 is 5.32 Å². The fourth-order valence-electron chi connectivity index (χ4n) is 3.98. The molecule has 3 rings (SSSR count). The molecule has 3 aromatic carbocycles. The molecule has 1 unspecified atom stereocenters. The number of carbonyl (C=O) groups is 2. The van der Waals surface area contributed by atoms with Crippen LogP contribution in [0.2, 0.25) is 10.0 Å². The molecule has 0 spiro atoms. The number of nitrogens with one attached hydrogen (secondary N) is 1. The lowest BCUT2D eigenvalue weighted by molar-refractivity contribution is -0.140. The molecule has 7 heteroatoms. The van der Waals surface area contributed by atoms with Gasteiger partial charge in [0.1, 0.15) is 6.04 Å². The lowest BCUT2D eigenvalue weighted by atomic mass is 10.0. The molecular weight excluding hydrogens is 523 g/mol. The number of aryl methyl sites for hydroxylation is 1. The minimum absolute atomic E-state index is 0.103. The lowest BCUT2D eigenvalue weighted by Crippen LogP contribution is -2.54. The van der Waals surface area contributed by atoms with E-state index in [1.165, 1.54) is 11.1 Å². The number of hydrogen-bond donors (Lipinski definition) is 1. The molecule has 37 heavy (non-hydrogen) atoms. The summed E-state index contributed by atoms with van der Waals surface area (Å²) in [5.74, 6) is 0.678. The second-order valence-electron chi connectivity index (χ2n) is 10.2. The lowest BCUT2D eigenvalue weighted by Gasteiger charge is -2.34. The van der Waals surface area contributed by atoms with E-state index < -0.39 is 11.6 Å². The predicted molar refractivity (Wildman–Crippen MR) is 156 cm³/mol. The molecule has 0 fully saturated rings. The summed E-state index contributed by atoms with van der Waals surface area (Å²) in [7, 11) is 0. The van der Waals surface area contributed by atoms with Crippen molar-refractivity contribution < 1.29 is 9.59 Å². The SMILES string of the molecule is Cc1cccc(CSCC(=O)N(Cc2ccc(Cl)c(Cl)c2)C(Cc2ccccc2)C(=O)NC(C)(C)C)c1. The van der Waals surface area contributed by atoms with Crippen LogP contribution in [0.15, 0.2) is 72.8 Å². The van der Waals surface area contributed by atoms with Crippen LogP contribution >= 0.6 is 35.0 Å². The van der Waals surface area contributed by atoms with Gasteiger partial charge in [0.05, 0.1) is 15.8 Å². The highest BCUT2D eigenvalue weighted by molar-refractivity contribution is 7.99. The summed E-state index contributed by atoms with van der Waals surface area (Å²) >= 11 is 14.0. The van der Waals surface area contributed by atoms with E-state index in [1.54, 1.807) is 28.8 Å². The smallest absolute Gasteiger partial charge is 0.243 e. The van der Waals surface area contributed by atoms with Gasteiger partial charge < -0.3 is 10.2 Å². The van der Waals surface area contributed by atoms with E-state index in [4.69, 9.17) is 23.2 Å². The Hall–Kier alpha value is -2.47. The number of hydrogen-bond acceptors (Lipinski definition) is 3. The topological polar surface area (TPSA) is 49.4 Å². The summed E-state index contributed by atoms with van der Waals surface area (Å²) in [5, 5.41) is 3.95. The van der Waals surface area contributed by atoms with E-state index in [9.17, 15) is 9.59 Å². The average molecular weight is 558 g/mol. The van der Waals surface area contributed by atoms with Gasteiger partial charge in [0.2, 0.25) is 11.8 Å². The molecule has 0 aliphatic heterocycles. The minimum atomic E-state index is -0.692. The third-order valence-electron chi connectivity index (χ3n) is 5.68. The number of carbonyl (C=O) groups excluding carboxylic acids is 2. The van der Waals surface area contributed by atoms with Gasteiger partial charge in [-0.2, -0.15) is 0 Å². The van der Waals surface area contributed by atoms with Crippen molar-refractivity contribution in [2.75, 3.05) is 5.75 Å². The highest BCUT2D eigenvalue weighted by Crippen LogP contribution is 2.25. The van der Waals surface area contributed by atoms with Crippen LogP contribution in [0.25, 0.3) is 0 Å². The monoisotopic (exact) mass is 556 g/mol. The van der Waals surface area contributed by atoms with E-state index in [1.807, 2.05) is 63.2 Å². The van der Waals surface area contributed by atoms with Gasteiger partial charge >= 0.3 is 0 Å². The minimum Gasteiger partial charge on any atom is -0.350 e. The Kier molecular flexibility index (Phi) is 10.5. The van der Waals surface area contributed by atoms with Gasteiger partial charge in [-0.05, 0) is 56.5 Å². The van der Waals surface area contributed by atoms with Crippen molar-refractivity contribution in [1.82, 2.24) is 10.2 Å². The van der Waals surface area contributed by atoms with E-state index >= 15 is 0 Å². The Labute approximate surface area is 234 Å². The molecule has 2 amide bonds. The molecule has 0 radical (unpaired) electrons. The Morgan fingerprint density at radius 1 is 0.892 bits per heavy atom. The van der Waals surface area contributed by atoms with E-state index in [-0.39, 0.29) is 24.1 Å². The summed E-state index contributed by atoms with van der Waals surface area (Å²) in [5.41, 5.74) is 3.71. The molecule has 0 aromatic heterocycles. The van der Waals surface area contributed by atoms with Crippen LogP contribution in [0, 0.1) is 6.92 Å². The van der Waals surface area contributed by atoms with Gasteiger partial charge in [-0.3, -0.25) is 9.59 Å². The molecule has 0 saturated carbocycles. The Balaban J connectivity index is 1.89. The van der Waals surface area contributed by atoms with Crippen molar-refractivity contribution in [1.29, 1.82) is 0 Å². The molecule has 0 aliphatic rings. The molecular formula is C30H34Cl2N2O2S. The summed E-state index contributed by atoms with van der Waals surface area (Å²) < 4.78 is 0. The Morgan fingerprint density at radius 2 is 1.59 bits per heavy atom. The fraction of sp³-hybridized carbons (Fsp3) is 0.333. The number of halogens is 2. The van der Waals surface area contributed by atoms with E-state index in [0.717, 1.165) is 11.1 Å². The highest BCUT2D eigenvalue weighted by atomic mass is 35.5. The van der Waals surface area contributed by atoms with E-state index in [2.05, 4.69) is 30.4 Å². The summed E-state index contributed by atoms with van der Waals surface area (Å²) in [6, 6.07) is 22.7. The first-order valence-corrected chi connectivity index (χ1v) is 14.2. The first kappa shape index (κ1) is 29.1. The highest BCUT2D eigenvalue weighted by Gasteiger charge is 2.32. The molecule has 1 N–H and O–H groups in total. The maximum absolute atomic E-state index is 13.7. The average Bonchev–Trinajstić information content (AvgIpc) is 2.83. The quantitative estimate of drug-likeness (QED) is 0.290. The largest absolute Gasteiger partial charge is 0.350 e. The van der Waals surface area contributed by atoms with E-state index in [0.29, 0.717) is 22.2 Å². The van der Waals surface area contributed by atoms with Gasteiger partial charge in [-0.25, -0.2) is 0 Å². The maximum Gasteiger partial charge on any atom is 0.243 e. The summed E-state index contributed by atoms with van der Waals surface area (Å²) in [6.45, 7) is 8.12. The second-order valence-corrected chi connectivity index (χ2v) is 12.0. The van der Waals surface area contributed by atoms with Crippen LogP contribution in [0.3, 0.4) is 0 Å². The molecule has 0 aliphatic carbocycles. The van der Waals surface area contributed by atoms with Gasteiger partial charge in [0.15, 0.2) is 0 Å². The van der Waals surface area contributed by atoms with Crippen LogP contribution in [0.5, 0.6) is 0 Å². The Bertz CT molecular complexity index is 1210. The molecule has 0 heterocycles. The third-order valence-corrected chi connectivity index (χ3v) is 7.41. The first-order chi connectivity index (χ1) is 17.5. The van der Waals surface area contributed by atoms with Crippen LogP contribution in [0.4, 0.5) is 0 Å². The summed E-state index contributed by atoms with van der Waals surface area (Å²) in [4.78, 5) is 29.0. The Morgan fingerprint density at radius 3 is 2.24 bits per heavy atom. The normalized spacial score (nSPS) is 12.2. The zero-order valence-electron chi connectivity index (χ0n) is 21.8. The van der Waals surface area contributed by atoms with Crippen molar-refractivity contribution in [3.8, 4) is 0 Å². The zero-order valence-corrected chi connectivity index (χ0v) is 24.1. The number of rotatable bonds is 10. The van der Waals surface area contributed by atoms with Crippen molar-refractivity contribution in [3.63, 3.8) is 0 Å².